The summed E-state index contributed by atoms with van der Waals surface area (Å²) in [5.74, 6) is 0. The number of aryl methyl sites for hydroxylation is 1. The van der Waals surface area contributed by atoms with Gasteiger partial charge in [0.2, 0.25) is 0 Å². The van der Waals surface area contributed by atoms with E-state index in [1.807, 2.05) is 0 Å². The number of hydrogen-bond acceptors (Lipinski definition) is 1. The predicted molar refractivity (Wildman–Crippen MR) is 109 cm³/mol. The Bertz CT molecular complexity index is 958. The van der Waals surface area contributed by atoms with Gasteiger partial charge in [0.05, 0.1) is 13.1 Å². The molecular formula is C24H29N2O+. The first-order chi connectivity index (χ1) is 13.3. The molecule has 0 spiro atoms. The fraction of sp³-hybridized carbons (Fsp3) is 0.417. The minimum Gasteiger partial charge on any atom is -0.385 e. The number of nitrogens with zero attached hydrogens (tertiary/aromatic N) is 1. The maximum absolute atomic E-state index is 10.9. The molecule has 1 aliphatic heterocycles. The van der Waals surface area contributed by atoms with Crippen LogP contribution in [0.25, 0.3) is 10.9 Å². The second kappa shape index (κ2) is 7.14. The van der Waals surface area contributed by atoms with E-state index in [1.165, 1.54) is 57.4 Å². The van der Waals surface area contributed by atoms with Crippen LogP contribution in [0.4, 0.5) is 0 Å². The largest absolute Gasteiger partial charge is 0.385 e. The number of rotatable bonds is 4. The van der Waals surface area contributed by atoms with E-state index < -0.39 is 0 Å². The molecule has 27 heavy (non-hydrogen) atoms. The average Bonchev–Trinajstić information content (AvgIpc) is 3.02. The second-order valence-electron chi connectivity index (χ2n) is 8.31. The van der Waals surface area contributed by atoms with Gasteiger partial charge in [0.15, 0.2) is 0 Å². The highest BCUT2D eigenvalue weighted by molar-refractivity contribution is 5.85. The van der Waals surface area contributed by atoms with Crippen LogP contribution in [0, 0.1) is 0 Å². The minimum atomic E-state index is -0.299. The smallest absolute Gasteiger partial charge is 0.121 e. The van der Waals surface area contributed by atoms with Crippen molar-refractivity contribution >= 4 is 10.9 Å². The van der Waals surface area contributed by atoms with Gasteiger partial charge < -0.3 is 14.6 Å². The van der Waals surface area contributed by atoms with Crippen LogP contribution in [0.15, 0.2) is 48.5 Å². The number of hydrogen-bond donors (Lipinski definition) is 2. The molecule has 1 aromatic heterocycles. The van der Waals surface area contributed by atoms with Crippen molar-refractivity contribution in [2.45, 2.75) is 51.3 Å². The topological polar surface area (TPSA) is 29.6 Å². The molecule has 2 aromatic carbocycles. The molecular weight excluding hydrogens is 332 g/mol. The van der Waals surface area contributed by atoms with Crippen molar-refractivity contribution in [3.63, 3.8) is 0 Å². The molecule has 3 aromatic rings. The van der Waals surface area contributed by atoms with E-state index >= 15 is 0 Å². The standard InChI is InChI=1S/C24H28N2O/c27-20(16-25-14-13-18-7-1-2-8-19(18)15-25)17-26-23-11-5-3-9-21(23)22-10-4-6-12-24(22)26/h1-3,5,7-9,11,20,27H,4,6,10,12-17H2/p+1/t20-/m0/s1. The monoisotopic (exact) mass is 361 g/mol. The fourth-order valence-corrected chi connectivity index (χ4v) is 5.22. The number of quaternary nitrogens is 1. The van der Waals surface area contributed by atoms with Gasteiger partial charge in [-0.2, -0.15) is 0 Å². The lowest BCUT2D eigenvalue weighted by Crippen LogP contribution is -3.12. The second-order valence-corrected chi connectivity index (χ2v) is 8.31. The number of benzene rings is 2. The molecule has 3 heteroatoms. The lowest BCUT2D eigenvalue weighted by molar-refractivity contribution is -0.919. The predicted octanol–water partition coefficient (Wildman–Crippen LogP) is 2.52. The Morgan fingerprint density at radius 2 is 1.70 bits per heavy atom. The zero-order chi connectivity index (χ0) is 18.2. The van der Waals surface area contributed by atoms with Gasteiger partial charge in [-0.25, -0.2) is 0 Å². The van der Waals surface area contributed by atoms with Crippen molar-refractivity contribution in [2.24, 2.45) is 0 Å². The molecule has 1 aliphatic carbocycles. The van der Waals surface area contributed by atoms with E-state index in [2.05, 4.69) is 53.1 Å². The molecule has 0 radical (unpaired) electrons. The number of nitrogens with one attached hydrogen (secondary N) is 1. The van der Waals surface area contributed by atoms with Gasteiger partial charge in [0.25, 0.3) is 0 Å². The molecule has 5 rings (SSSR count). The average molecular weight is 362 g/mol. The van der Waals surface area contributed by atoms with Gasteiger partial charge in [0, 0.05) is 28.6 Å². The van der Waals surface area contributed by atoms with Gasteiger partial charge in [0.1, 0.15) is 19.2 Å². The third-order valence-corrected chi connectivity index (χ3v) is 6.51. The Kier molecular flexibility index (Phi) is 4.50. The Balaban J connectivity index is 1.35. The van der Waals surface area contributed by atoms with Gasteiger partial charge in [-0.3, -0.25) is 0 Å². The van der Waals surface area contributed by atoms with Crippen LogP contribution in [-0.2, 0) is 32.4 Å². The molecule has 1 unspecified atom stereocenters. The third-order valence-electron chi connectivity index (χ3n) is 6.51. The van der Waals surface area contributed by atoms with Crippen molar-refractivity contribution in [3.8, 4) is 0 Å². The van der Waals surface area contributed by atoms with E-state index in [0.29, 0.717) is 0 Å². The van der Waals surface area contributed by atoms with Crippen molar-refractivity contribution in [1.82, 2.24) is 4.57 Å². The van der Waals surface area contributed by atoms with Gasteiger partial charge in [-0.05, 0) is 42.9 Å². The molecule has 0 saturated carbocycles. The van der Waals surface area contributed by atoms with E-state index in [9.17, 15) is 5.11 Å². The number of fused-ring (bicyclic) bond motifs is 4. The number of para-hydroxylation sites is 1. The SMILES string of the molecule is O[C@H](Cn1c2c(c3ccccc31)CCCC2)C[NH+]1CCc2ccccc2C1. The summed E-state index contributed by atoms with van der Waals surface area (Å²) in [6.07, 6.45) is 5.73. The quantitative estimate of drug-likeness (QED) is 0.735. The molecule has 3 nitrogen and oxygen atoms in total. The first kappa shape index (κ1) is 17.0. The third kappa shape index (κ3) is 3.19. The molecule has 0 saturated heterocycles. The summed E-state index contributed by atoms with van der Waals surface area (Å²) < 4.78 is 2.42. The normalized spacial score (nSPS) is 20.3. The van der Waals surface area contributed by atoms with Crippen LogP contribution in [0.2, 0.25) is 0 Å². The highest BCUT2D eigenvalue weighted by atomic mass is 16.3. The molecule has 140 valence electrons. The van der Waals surface area contributed by atoms with Crippen molar-refractivity contribution in [2.75, 3.05) is 13.1 Å². The van der Waals surface area contributed by atoms with Crippen LogP contribution >= 0.6 is 0 Å². The first-order valence-corrected chi connectivity index (χ1v) is 10.5. The Labute approximate surface area is 161 Å². The first-order valence-electron chi connectivity index (χ1n) is 10.5. The summed E-state index contributed by atoms with van der Waals surface area (Å²) in [5, 5.41) is 12.3. The lowest BCUT2D eigenvalue weighted by atomic mass is 9.95. The summed E-state index contributed by atoms with van der Waals surface area (Å²) in [6, 6.07) is 17.5. The molecule has 2 N–H and O–H groups in total. The van der Waals surface area contributed by atoms with E-state index in [0.717, 1.165) is 39.0 Å². The van der Waals surface area contributed by atoms with Crippen molar-refractivity contribution < 1.29 is 10.0 Å². The van der Waals surface area contributed by atoms with E-state index in [-0.39, 0.29) is 6.10 Å². The number of aromatic nitrogens is 1. The van der Waals surface area contributed by atoms with E-state index in [1.54, 1.807) is 0 Å². The van der Waals surface area contributed by atoms with Crippen molar-refractivity contribution in [3.05, 3.63) is 70.9 Å². The summed E-state index contributed by atoms with van der Waals surface area (Å²) in [7, 11) is 0. The summed E-state index contributed by atoms with van der Waals surface area (Å²) in [6.45, 7) is 3.72. The Morgan fingerprint density at radius 3 is 2.63 bits per heavy atom. The van der Waals surface area contributed by atoms with Crippen LogP contribution in [-0.4, -0.2) is 28.9 Å². The Hall–Kier alpha value is -2.10. The number of aliphatic hydroxyl groups excluding tert-OH is 1. The molecule has 2 aliphatic rings. The molecule has 0 bridgehead atoms. The molecule has 0 fully saturated rings. The van der Waals surface area contributed by atoms with Crippen LogP contribution in [0.1, 0.15) is 35.2 Å². The highest BCUT2D eigenvalue weighted by Crippen LogP contribution is 2.32. The van der Waals surface area contributed by atoms with Crippen LogP contribution in [0.3, 0.4) is 0 Å². The zero-order valence-corrected chi connectivity index (χ0v) is 16.0. The van der Waals surface area contributed by atoms with Crippen LogP contribution in [0.5, 0.6) is 0 Å². The molecule has 0 amide bonds. The van der Waals surface area contributed by atoms with Crippen molar-refractivity contribution in [1.29, 1.82) is 0 Å². The summed E-state index contributed by atoms with van der Waals surface area (Å²) in [5.41, 5.74) is 7.25. The zero-order valence-electron chi connectivity index (χ0n) is 16.0. The lowest BCUT2D eigenvalue weighted by Gasteiger charge is -2.28. The van der Waals surface area contributed by atoms with E-state index in [4.69, 9.17) is 0 Å². The minimum absolute atomic E-state index is 0.299. The molecule has 2 atom stereocenters. The van der Waals surface area contributed by atoms with Gasteiger partial charge in [-0.1, -0.05) is 42.5 Å². The van der Waals surface area contributed by atoms with Gasteiger partial charge >= 0.3 is 0 Å². The maximum atomic E-state index is 10.9. The number of aliphatic hydroxyl groups is 1. The Morgan fingerprint density at radius 1 is 0.926 bits per heavy atom. The summed E-state index contributed by atoms with van der Waals surface area (Å²) in [4.78, 5) is 1.51. The molecule has 2 heterocycles. The fourth-order valence-electron chi connectivity index (χ4n) is 5.22. The van der Waals surface area contributed by atoms with Crippen LogP contribution < -0.4 is 4.90 Å². The maximum Gasteiger partial charge on any atom is 0.121 e. The highest BCUT2D eigenvalue weighted by Gasteiger charge is 2.25. The van der Waals surface area contributed by atoms with Gasteiger partial charge in [-0.15, -0.1) is 0 Å². The summed E-state index contributed by atoms with van der Waals surface area (Å²) >= 11 is 0.